The van der Waals surface area contributed by atoms with Gasteiger partial charge in [-0.1, -0.05) is 11.8 Å². The molecule has 0 aliphatic carbocycles. The molecule has 0 aliphatic heterocycles. The van der Waals surface area contributed by atoms with Crippen molar-refractivity contribution in [3.8, 4) is 6.07 Å². The molecule has 0 radical (unpaired) electrons. The van der Waals surface area contributed by atoms with Crippen LogP contribution in [0.25, 0.3) is 0 Å². The SMILES string of the molecule is CCN(CCC#N)C(=O)CSc1nc(N)cc(N)n1. The monoisotopic (exact) mass is 280 g/mol. The van der Waals surface area contributed by atoms with E-state index < -0.39 is 0 Å². The van der Waals surface area contributed by atoms with Gasteiger partial charge < -0.3 is 16.4 Å². The lowest BCUT2D eigenvalue weighted by molar-refractivity contribution is -0.128. The Morgan fingerprint density at radius 2 is 2.11 bits per heavy atom. The molecule has 0 saturated carbocycles. The fourth-order valence-corrected chi connectivity index (χ4v) is 2.16. The second-order valence-corrected chi connectivity index (χ2v) is 4.61. The Bertz CT molecular complexity index is 466. The van der Waals surface area contributed by atoms with Gasteiger partial charge in [0.25, 0.3) is 0 Å². The number of rotatable bonds is 6. The van der Waals surface area contributed by atoms with E-state index in [4.69, 9.17) is 16.7 Å². The van der Waals surface area contributed by atoms with E-state index >= 15 is 0 Å². The highest BCUT2D eigenvalue weighted by atomic mass is 32.2. The number of aromatic nitrogens is 2. The molecule has 7 nitrogen and oxygen atoms in total. The summed E-state index contributed by atoms with van der Waals surface area (Å²) in [6, 6.07) is 3.47. The molecule has 0 fully saturated rings. The van der Waals surface area contributed by atoms with Crippen LogP contribution in [0.3, 0.4) is 0 Å². The summed E-state index contributed by atoms with van der Waals surface area (Å²) < 4.78 is 0. The lowest BCUT2D eigenvalue weighted by Crippen LogP contribution is -2.33. The van der Waals surface area contributed by atoms with Crippen molar-refractivity contribution in [3.63, 3.8) is 0 Å². The number of anilines is 2. The number of nitrogens with zero attached hydrogens (tertiary/aromatic N) is 4. The summed E-state index contributed by atoms with van der Waals surface area (Å²) in [7, 11) is 0. The summed E-state index contributed by atoms with van der Waals surface area (Å²) in [6.45, 7) is 2.88. The van der Waals surface area contributed by atoms with Crippen molar-refractivity contribution < 1.29 is 4.79 Å². The highest BCUT2D eigenvalue weighted by Gasteiger charge is 2.12. The number of hydrogen-bond acceptors (Lipinski definition) is 7. The van der Waals surface area contributed by atoms with Gasteiger partial charge in [0.2, 0.25) is 5.91 Å². The zero-order valence-corrected chi connectivity index (χ0v) is 11.5. The van der Waals surface area contributed by atoms with Crippen LogP contribution in [0, 0.1) is 11.3 Å². The Morgan fingerprint density at radius 1 is 1.47 bits per heavy atom. The summed E-state index contributed by atoms with van der Waals surface area (Å²) in [5, 5.41) is 8.90. The van der Waals surface area contributed by atoms with Crippen molar-refractivity contribution in [2.45, 2.75) is 18.5 Å². The Labute approximate surface area is 116 Å². The molecule has 102 valence electrons. The first-order valence-electron chi connectivity index (χ1n) is 5.74. The maximum atomic E-state index is 11.9. The minimum Gasteiger partial charge on any atom is -0.383 e. The van der Waals surface area contributed by atoms with Gasteiger partial charge in [0, 0.05) is 19.2 Å². The summed E-state index contributed by atoms with van der Waals surface area (Å²) in [6.07, 6.45) is 0.325. The molecule has 0 unspecified atom stereocenters. The van der Waals surface area contributed by atoms with Gasteiger partial charge in [0.1, 0.15) is 11.6 Å². The molecule has 0 bridgehead atoms. The van der Waals surface area contributed by atoms with E-state index in [9.17, 15) is 4.79 Å². The largest absolute Gasteiger partial charge is 0.383 e. The van der Waals surface area contributed by atoms with Gasteiger partial charge in [0.15, 0.2) is 5.16 Å². The van der Waals surface area contributed by atoms with Crippen molar-refractivity contribution in [1.29, 1.82) is 5.26 Å². The average Bonchev–Trinajstić information content (AvgIpc) is 2.36. The van der Waals surface area contributed by atoms with Gasteiger partial charge in [0.05, 0.1) is 18.2 Å². The number of nitrogen functional groups attached to an aromatic ring is 2. The molecular weight excluding hydrogens is 264 g/mol. The topological polar surface area (TPSA) is 122 Å². The van der Waals surface area contributed by atoms with E-state index in [1.165, 1.54) is 17.8 Å². The first-order chi connectivity index (χ1) is 9.06. The van der Waals surface area contributed by atoms with Crippen LogP contribution >= 0.6 is 11.8 Å². The highest BCUT2D eigenvalue weighted by molar-refractivity contribution is 7.99. The van der Waals surface area contributed by atoms with Crippen LogP contribution in [-0.2, 0) is 4.79 Å². The van der Waals surface area contributed by atoms with Crippen molar-refractivity contribution in [3.05, 3.63) is 6.07 Å². The number of carbonyl (C=O) groups is 1. The maximum absolute atomic E-state index is 11.9. The molecule has 1 amide bonds. The van der Waals surface area contributed by atoms with Gasteiger partial charge in [-0.3, -0.25) is 4.79 Å². The second kappa shape index (κ2) is 7.43. The number of carbonyl (C=O) groups excluding carboxylic acids is 1. The molecule has 1 heterocycles. The third-order valence-corrected chi connectivity index (χ3v) is 3.13. The van der Waals surface area contributed by atoms with Gasteiger partial charge in [-0.05, 0) is 6.92 Å². The quantitative estimate of drug-likeness (QED) is 0.574. The molecule has 8 heteroatoms. The van der Waals surface area contributed by atoms with Crippen LogP contribution < -0.4 is 11.5 Å². The second-order valence-electron chi connectivity index (χ2n) is 3.67. The molecule has 1 rings (SSSR count). The molecule has 0 aliphatic rings. The Hall–Kier alpha value is -2.01. The minimum absolute atomic E-state index is 0.0626. The van der Waals surface area contributed by atoms with Gasteiger partial charge >= 0.3 is 0 Å². The van der Waals surface area contributed by atoms with Gasteiger partial charge in [-0.15, -0.1) is 0 Å². The van der Waals surface area contributed by atoms with E-state index in [0.29, 0.717) is 24.7 Å². The van der Waals surface area contributed by atoms with Crippen LogP contribution in [0.5, 0.6) is 0 Å². The highest BCUT2D eigenvalue weighted by Crippen LogP contribution is 2.16. The minimum atomic E-state index is -0.0626. The van der Waals surface area contributed by atoms with Crippen LogP contribution in [-0.4, -0.2) is 39.6 Å². The van der Waals surface area contributed by atoms with Gasteiger partial charge in [-0.2, -0.15) is 5.26 Å². The summed E-state index contributed by atoms with van der Waals surface area (Å²) in [5.41, 5.74) is 11.1. The number of thioether (sulfide) groups is 1. The molecule has 0 atom stereocenters. The standard InChI is InChI=1S/C11H16N6OS/c1-2-17(5-3-4-12)10(18)7-19-11-15-8(13)6-9(14)16-11/h6H,2-3,5,7H2,1H3,(H4,13,14,15,16). The van der Waals surface area contributed by atoms with Crippen LogP contribution in [0.1, 0.15) is 13.3 Å². The fraction of sp³-hybridized carbons (Fsp3) is 0.455. The number of amides is 1. The third-order valence-electron chi connectivity index (χ3n) is 2.30. The molecule has 0 aromatic carbocycles. The molecule has 1 aromatic heterocycles. The van der Waals surface area contributed by atoms with Crippen LogP contribution in [0.4, 0.5) is 11.6 Å². The average molecular weight is 280 g/mol. The molecule has 4 N–H and O–H groups in total. The van der Waals surface area contributed by atoms with Crippen LogP contribution in [0.2, 0.25) is 0 Å². The molecule has 0 spiro atoms. The summed E-state index contributed by atoms with van der Waals surface area (Å²) in [4.78, 5) is 21.5. The summed E-state index contributed by atoms with van der Waals surface area (Å²) >= 11 is 1.18. The third kappa shape index (κ3) is 5.01. The van der Waals surface area contributed by atoms with E-state index in [-0.39, 0.29) is 23.3 Å². The number of nitriles is 1. The number of hydrogen-bond donors (Lipinski definition) is 2. The summed E-state index contributed by atoms with van der Waals surface area (Å²) in [5.74, 6) is 0.688. The lowest BCUT2D eigenvalue weighted by Gasteiger charge is -2.18. The molecule has 19 heavy (non-hydrogen) atoms. The van der Waals surface area contributed by atoms with Gasteiger partial charge in [-0.25, -0.2) is 9.97 Å². The zero-order valence-electron chi connectivity index (χ0n) is 10.7. The lowest BCUT2D eigenvalue weighted by atomic mass is 10.4. The van der Waals surface area contributed by atoms with E-state index in [2.05, 4.69) is 9.97 Å². The van der Waals surface area contributed by atoms with Crippen LogP contribution in [0.15, 0.2) is 11.2 Å². The molecule has 1 aromatic rings. The van der Waals surface area contributed by atoms with Crippen molar-refractivity contribution in [2.75, 3.05) is 30.3 Å². The number of nitrogens with two attached hydrogens (primary N) is 2. The molecular formula is C11H16N6OS. The van der Waals surface area contributed by atoms with Crippen molar-refractivity contribution >= 4 is 29.3 Å². The maximum Gasteiger partial charge on any atom is 0.233 e. The van der Waals surface area contributed by atoms with E-state index in [0.717, 1.165) is 0 Å². The Morgan fingerprint density at radius 3 is 2.63 bits per heavy atom. The van der Waals surface area contributed by atoms with Crippen molar-refractivity contribution in [2.24, 2.45) is 0 Å². The van der Waals surface area contributed by atoms with E-state index in [1.807, 2.05) is 13.0 Å². The van der Waals surface area contributed by atoms with Crippen molar-refractivity contribution in [1.82, 2.24) is 14.9 Å². The predicted octanol–water partition coefficient (Wildman–Crippen LogP) is 0.495. The Kier molecular flexibility index (Phi) is 5.89. The zero-order chi connectivity index (χ0) is 14.3. The molecule has 0 saturated heterocycles. The first kappa shape index (κ1) is 15.0. The Balaban J connectivity index is 2.55. The van der Waals surface area contributed by atoms with E-state index in [1.54, 1.807) is 4.90 Å². The normalized spacial score (nSPS) is 9.89. The first-order valence-corrected chi connectivity index (χ1v) is 6.73. The smallest absolute Gasteiger partial charge is 0.233 e. The fourth-order valence-electron chi connectivity index (χ4n) is 1.39. The predicted molar refractivity (Wildman–Crippen MR) is 74.1 cm³/mol.